The maximum atomic E-state index is 10.9. The number of aromatic nitrogens is 2. The van der Waals surface area contributed by atoms with Crippen LogP contribution in [0.1, 0.15) is 19.3 Å². The molecule has 110 valence electrons. The summed E-state index contributed by atoms with van der Waals surface area (Å²) < 4.78 is 13.0. The van der Waals surface area contributed by atoms with E-state index in [0.717, 1.165) is 32.4 Å². The highest BCUT2D eigenvalue weighted by Crippen LogP contribution is 2.36. The molecule has 2 aliphatic heterocycles. The van der Waals surface area contributed by atoms with Gasteiger partial charge in [0.15, 0.2) is 0 Å². The maximum Gasteiger partial charge on any atom is 0.350 e. The Labute approximate surface area is 116 Å². The Bertz CT molecular complexity index is 510. The largest absolute Gasteiger partial charge is 0.466 e. The summed E-state index contributed by atoms with van der Waals surface area (Å²) in [6, 6.07) is 0. The smallest absolute Gasteiger partial charge is 0.350 e. The van der Waals surface area contributed by atoms with Crippen molar-refractivity contribution in [3.8, 4) is 5.88 Å². The zero-order valence-electron chi connectivity index (χ0n) is 11.4. The van der Waals surface area contributed by atoms with Crippen LogP contribution in [0.15, 0.2) is 6.20 Å². The first-order valence-electron chi connectivity index (χ1n) is 6.77. The van der Waals surface area contributed by atoms with Gasteiger partial charge in [0.1, 0.15) is 12.3 Å². The van der Waals surface area contributed by atoms with Crippen LogP contribution in [0, 0.1) is 10.1 Å². The topological polar surface area (TPSA) is 91.5 Å². The van der Waals surface area contributed by atoms with Gasteiger partial charge in [-0.25, -0.2) is 0 Å². The Morgan fingerprint density at radius 1 is 1.60 bits per heavy atom. The molecule has 1 N–H and O–H groups in total. The molecule has 0 bridgehead atoms. The molecule has 1 aromatic rings. The van der Waals surface area contributed by atoms with Crippen molar-refractivity contribution in [1.29, 1.82) is 0 Å². The number of hydrogen-bond donors (Lipinski definition) is 1. The number of ether oxygens (including phenoxy) is 2. The Hall–Kier alpha value is -1.67. The lowest BCUT2D eigenvalue weighted by atomic mass is 9.89. The third kappa shape index (κ3) is 2.48. The number of aryl methyl sites for hydroxylation is 1. The molecule has 1 unspecified atom stereocenters. The van der Waals surface area contributed by atoms with Crippen molar-refractivity contribution in [2.75, 3.05) is 19.7 Å². The number of rotatable bonds is 3. The zero-order valence-corrected chi connectivity index (χ0v) is 11.4. The number of nitrogens with one attached hydrogen (secondary N) is 1. The molecule has 8 heteroatoms. The minimum absolute atomic E-state index is 0.0806. The summed E-state index contributed by atoms with van der Waals surface area (Å²) in [7, 11) is 1.64. The zero-order chi connectivity index (χ0) is 14.2. The van der Waals surface area contributed by atoms with Crippen LogP contribution in [-0.4, -0.2) is 46.1 Å². The quantitative estimate of drug-likeness (QED) is 0.645. The van der Waals surface area contributed by atoms with Crippen molar-refractivity contribution in [3.05, 3.63) is 16.3 Å². The van der Waals surface area contributed by atoms with Gasteiger partial charge in [-0.3, -0.25) is 14.8 Å². The van der Waals surface area contributed by atoms with Crippen molar-refractivity contribution < 1.29 is 14.4 Å². The highest BCUT2D eigenvalue weighted by Gasteiger charge is 2.43. The fourth-order valence-electron chi connectivity index (χ4n) is 2.93. The van der Waals surface area contributed by atoms with E-state index in [0.29, 0.717) is 6.61 Å². The van der Waals surface area contributed by atoms with E-state index in [4.69, 9.17) is 9.47 Å². The van der Waals surface area contributed by atoms with Crippen LogP contribution in [0.4, 0.5) is 5.69 Å². The molecule has 2 aliphatic rings. The average Bonchev–Trinajstić information content (AvgIpc) is 2.96. The van der Waals surface area contributed by atoms with E-state index in [1.54, 1.807) is 7.05 Å². The summed E-state index contributed by atoms with van der Waals surface area (Å²) in [6.45, 7) is 2.35. The molecule has 0 aliphatic carbocycles. The lowest BCUT2D eigenvalue weighted by molar-refractivity contribution is -0.386. The highest BCUT2D eigenvalue weighted by molar-refractivity contribution is 5.38. The first kappa shape index (κ1) is 13.3. The second-order valence-corrected chi connectivity index (χ2v) is 5.44. The molecule has 0 saturated carbocycles. The number of piperidine rings is 1. The van der Waals surface area contributed by atoms with E-state index < -0.39 is 4.92 Å². The molecule has 1 atom stereocenters. The van der Waals surface area contributed by atoms with Crippen molar-refractivity contribution in [3.63, 3.8) is 0 Å². The van der Waals surface area contributed by atoms with E-state index in [9.17, 15) is 10.1 Å². The van der Waals surface area contributed by atoms with Crippen LogP contribution in [0.2, 0.25) is 0 Å². The SMILES string of the molecule is Cn1cc([N+](=O)[O-])c(OC2COC3(CCNCC3)C2)n1. The van der Waals surface area contributed by atoms with E-state index in [-0.39, 0.29) is 23.3 Å². The van der Waals surface area contributed by atoms with Gasteiger partial charge in [0.2, 0.25) is 0 Å². The monoisotopic (exact) mass is 282 g/mol. The summed E-state index contributed by atoms with van der Waals surface area (Å²) in [4.78, 5) is 10.5. The molecular formula is C12H18N4O4. The van der Waals surface area contributed by atoms with Crippen molar-refractivity contribution in [2.24, 2.45) is 7.05 Å². The van der Waals surface area contributed by atoms with E-state index in [2.05, 4.69) is 10.4 Å². The standard InChI is InChI=1S/C12H18N4O4/c1-15-7-10(16(17)18)11(14-15)20-9-6-12(19-8-9)2-4-13-5-3-12/h7,9,13H,2-6,8H2,1H3. The minimum atomic E-state index is -0.474. The minimum Gasteiger partial charge on any atom is -0.466 e. The molecule has 0 amide bonds. The Morgan fingerprint density at radius 3 is 3.05 bits per heavy atom. The van der Waals surface area contributed by atoms with Gasteiger partial charge in [-0.15, -0.1) is 5.10 Å². The Kier molecular flexibility index (Phi) is 3.35. The summed E-state index contributed by atoms with van der Waals surface area (Å²) in [5.41, 5.74) is -0.224. The van der Waals surface area contributed by atoms with E-state index >= 15 is 0 Å². The molecule has 0 radical (unpaired) electrons. The first-order chi connectivity index (χ1) is 9.58. The third-order valence-corrected chi connectivity index (χ3v) is 3.94. The van der Waals surface area contributed by atoms with Gasteiger partial charge in [-0.05, 0) is 25.9 Å². The van der Waals surface area contributed by atoms with Crippen LogP contribution in [0.3, 0.4) is 0 Å². The second-order valence-electron chi connectivity index (χ2n) is 5.44. The molecule has 2 fully saturated rings. The normalized spacial score (nSPS) is 24.9. The summed E-state index contributed by atoms with van der Waals surface area (Å²) in [5.74, 6) is 0.0806. The molecule has 3 heterocycles. The number of hydrogen-bond acceptors (Lipinski definition) is 6. The molecule has 20 heavy (non-hydrogen) atoms. The average molecular weight is 282 g/mol. The summed E-state index contributed by atoms with van der Waals surface area (Å²) >= 11 is 0. The van der Waals surface area contributed by atoms with E-state index in [1.807, 2.05) is 0 Å². The summed E-state index contributed by atoms with van der Waals surface area (Å²) in [5, 5.41) is 18.3. The number of nitro groups is 1. The van der Waals surface area contributed by atoms with Gasteiger partial charge >= 0.3 is 11.6 Å². The second kappa shape index (κ2) is 5.02. The highest BCUT2D eigenvalue weighted by atomic mass is 16.6. The third-order valence-electron chi connectivity index (χ3n) is 3.94. The van der Waals surface area contributed by atoms with Crippen LogP contribution in [-0.2, 0) is 11.8 Å². The number of nitrogens with zero attached hydrogens (tertiary/aromatic N) is 3. The molecule has 3 rings (SSSR count). The lowest BCUT2D eigenvalue weighted by Gasteiger charge is -2.32. The predicted octanol–water partition coefficient (Wildman–Crippen LogP) is 0.618. The molecular weight excluding hydrogens is 264 g/mol. The maximum absolute atomic E-state index is 10.9. The molecule has 1 spiro atoms. The van der Waals surface area contributed by atoms with Crippen LogP contribution in [0.25, 0.3) is 0 Å². The van der Waals surface area contributed by atoms with Crippen molar-refractivity contribution in [1.82, 2.24) is 15.1 Å². The van der Waals surface area contributed by atoms with Gasteiger partial charge in [-0.1, -0.05) is 0 Å². The van der Waals surface area contributed by atoms with Crippen LogP contribution >= 0.6 is 0 Å². The fraction of sp³-hybridized carbons (Fsp3) is 0.750. The molecule has 2 saturated heterocycles. The Balaban J connectivity index is 1.69. The Morgan fingerprint density at radius 2 is 2.35 bits per heavy atom. The fourth-order valence-corrected chi connectivity index (χ4v) is 2.93. The molecule has 1 aromatic heterocycles. The van der Waals surface area contributed by atoms with Gasteiger partial charge in [0.05, 0.1) is 17.1 Å². The molecule has 0 aromatic carbocycles. The van der Waals surface area contributed by atoms with Crippen LogP contribution in [0.5, 0.6) is 5.88 Å². The lowest BCUT2D eigenvalue weighted by Crippen LogP contribution is -2.41. The predicted molar refractivity (Wildman–Crippen MR) is 69.7 cm³/mol. The van der Waals surface area contributed by atoms with Crippen LogP contribution < -0.4 is 10.1 Å². The first-order valence-corrected chi connectivity index (χ1v) is 6.77. The summed E-state index contributed by atoms with van der Waals surface area (Å²) in [6.07, 6.45) is 3.86. The van der Waals surface area contributed by atoms with Gasteiger partial charge in [0, 0.05) is 13.5 Å². The van der Waals surface area contributed by atoms with E-state index in [1.165, 1.54) is 10.9 Å². The molecule has 8 nitrogen and oxygen atoms in total. The van der Waals surface area contributed by atoms with Gasteiger partial charge in [-0.2, -0.15) is 0 Å². The van der Waals surface area contributed by atoms with Gasteiger partial charge in [0.25, 0.3) is 0 Å². The van der Waals surface area contributed by atoms with Crippen molar-refractivity contribution >= 4 is 5.69 Å². The van der Waals surface area contributed by atoms with Crippen molar-refractivity contribution in [2.45, 2.75) is 31.0 Å². The van der Waals surface area contributed by atoms with Gasteiger partial charge < -0.3 is 14.8 Å².